The number of hydrogen-bond acceptors (Lipinski definition) is 13. The number of rotatable bonds is 12. The Hall–Kier alpha value is -8.69. The summed E-state index contributed by atoms with van der Waals surface area (Å²) in [5.74, 6) is -3.35. The number of nitrogens with zero attached hydrogens (tertiary/aromatic N) is 6. The van der Waals surface area contributed by atoms with Crippen LogP contribution in [0.15, 0.2) is 165 Å². The molecule has 3 unspecified atom stereocenters. The first-order chi connectivity index (χ1) is 40.8. The van der Waals surface area contributed by atoms with E-state index >= 15 is 0 Å². The number of aliphatic carboxylic acids is 3. The maximum atomic E-state index is 11.8. The molecular weight excluding hydrogens is 1100 g/mol. The maximum Gasteiger partial charge on any atom is 1.00 e. The van der Waals surface area contributed by atoms with Gasteiger partial charge in [-0.2, -0.15) is 15.8 Å². The first-order valence-corrected chi connectivity index (χ1v) is 28.3. The van der Waals surface area contributed by atoms with E-state index in [0.29, 0.717) is 21.6 Å². The Morgan fingerprint density at radius 1 is 0.554 bits per heavy atom. The molecule has 12 nitrogen and oxygen atoms in total. The molecule has 0 saturated carbocycles. The first kappa shape index (κ1) is 54.9. The zero-order chi connectivity index (χ0) is 60.3. The summed E-state index contributed by atoms with van der Waals surface area (Å²) in [5, 5.41) is 66.4. The third-order valence-electron chi connectivity index (χ3n) is 14.3. The summed E-state index contributed by atoms with van der Waals surface area (Å²) >= 11 is 4.56. The molecule has 2 N–H and O–H groups in total. The van der Waals surface area contributed by atoms with E-state index in [0.717, 1.165) is 106 Å². The van der Waals surface area contributed by atoms with Crippen molar-refractivity contribution in [1.82, 2.24) is 15.0 Å². The maximum absolute atomic E-state index is 11.8. The second-order valence-corrected chi connectivity index (χ2v) is 23.4. The first-order valence-electron chi connectivity index (χ1n) is 27.3. The van der Waals surface area contributed by atoms with Gasteiger partial charge in [0.2, 0.25) is 0 Å². The summed E-state index contributed by atoms with van der Waals surface area (Å²) in [6.45, 7) is 2.45. The molecule has 3 atom stereocenters. The molecule has 6 heterocycles. The molecular formula is C67H49N6NaO6S3. The van der Waals surface area contributed by atoms with E-state index in [-0.39, 0.29) is 60.7 Å². The van der Waals surface area contributed by atoms with Gasteiger partial charge in [-0.05, 0) is 102 Å². The molecule has 0 aliphatic carbocycles. The van der Waals surface area contributed by atoms with E-state index in [1.165, 1.54) is 18.3 Å². The van der Waals surface area contributed by atoms with Crippen LogP contribution < -0.4 is 34.7 Å². The summed E-state index contributed by atoms with van der Waals surface area (Å²) in [6, 6.07) is 47.3. The number of nitriles is 3. The molecule has 0 saturated heterocycles. The third-order valence-corrected chi connectivity index (χ3v) is 18.2. The number of carbonyl (C=O) groups excluding carboxylic acids is 1. The summed E-state index contributed by atoms with van der Waals surface area (Å²) in [4.78, 5) is 49.6. The fourth-order valence-corrected chi connectivity index (χ4v) is 13.8. The molecule has 0 spiro atoms. The normalized spacial score (nSPS) is 13.1. The average Bonchev–Trinajstić information content (AvgIpc) is 2.10. The van der Waals surface area contributed by atoms with Gasteiger partial charge in [0, 0.05) is 126 Å². The SMILES string of the molecule is CC(CC(=O)O)c1cc2cncc(-c3ccc(C#N)c4ccccc34)c2s1.CC(CC(=O)[O-])c1cc2cncc(-c3ccc(C#N)c4ccccc34)c2s1.[2H]C([2H])([2H])C(C)(Cc1cc2c(-c3ccc(C#N)c4ccccc34)cncc2s1)C(=O)O.[Na+]. The Labute approximate surface area is 516 Å². The van der Waals surface area contributed by atoms with Crippen LogP contribution >= 0.6 is 34.0 Å². The largest absolute Gasteiger partial charge is 1.00 e. The van der Waals surface area contributed by atoms with Crippen molar-refractivity contribution >= 4 is 114 Å². The Morgan fingerprint density at radius 3 is 1.37 bits per heavy atom. The summed E-state index contributed by atoms with van der Waals surface area (Å²) in [7, 11) is 0. The van der Waals surface area contributed by atoms with E-state index in [2.05, 4.69) is 33.2 Å². The van der Waals surface area contributed by atoms with Crippen molar-refractivity contribution in [3.05, 3.63) is 196 Å². The van der Waals surface area contributed by atoms with Crippen LogP contribution in [0.2, 0.25) is 0 Å². The fourth-order valence-electron chi connectivity index (χ4n) is 10.2. The molecule has 0 bridgehead atoms. The zero-order valence-electron chi connectivity index (χ0n) is 48.3. The molecule has 12 rings (SSSR count). The minimum absolute atomic E-state index is 0. The number of hydrogen-bond donors (Lipinski definition) is 2. The van der Waals surface area contributed by atoms with Crippen LogP contribution in [-0.2, 0) is 20.8 Å². The molecule has 12 aromatic rings. The van der Waals surface area contributed by atoms with Crippen LogP contribution in [0.25, 0.3) is 96.0 Å². The molecule has 0 aliphatic rings. The monoisotopic (exact) mass is 1160 g/mol. The summed E-state index contributed by atoms with van der Waals surface area (Å²) in [5.41, 5.74) is 5.80. The number of aromatic nitrogens is 3. The van der Waals surface area contributed by atoms with Crippen LogP contribution in [0, 0.1) is 39.4 Å². The third kappa shape index (κ3) is 12.3. The van der Waals surface area contributed by atoms with E-state index < -0.39 is 30.2 Å². The second-order valence-electron chi connectivity index (χ2n) is 20.1. The van der Waals surface area contributed by atoms with Crippen molar-refractivity contribution < 1.29 is 63.4 Å². The van der Waals surface area contributed by atoms with Gasteiger partial charge in [-0.15, -0.1) is 34.0 Å². The van der Waals surface area contributed by atoms with E-state index in [1.54, 1.807) is 47.3 Å². The van der Waals surface area contributed by atoms with Crippen molar-refractivity contribution in [2.75, 3.05) is 0 Å². The number of fused-ring (bicyclic) bond motifs is 6. The van der Waals surface area contributed by atoms with E-state index in [1.807, 2.05) is 154 Å². The van der Waals surface area contributed by atoms with Gasteiger partial charge in [0.25, 0.3) is 0 Å². The smallest absolute Gasteiger partial charge is 0.550 e. The molecule has 0 radical (unpaired) electrons. The molecule has 16 heteroatoms. The summed E-state index contributed by atoms with van der Waals surface area (Å²) < 4.78 is 26.2. The zero-order valence-corrected chi connectivity index (χ0v) is 49.7. The standard InChI is InChI=1S/C23H18N2O2S.2C22H16N2O2S.Na/c1-23(2,22(26)27)10-15-9-19-20(12-25-13-21(19)28-15)18-8-7-14(11-24)16-5-3-4-6-17(16)18;2*1-13(8-21(25)26)20-9-15-11-24-12-19(22(15)27-20)18-7-6-14(10-23)16-4-2-3-5-17(16)18;/h3-9,12-13H,10H2,1-2H3,(H,26,27);2*2-7,9,11-13H,8H2,1H3,(H,25,26);/q;;;+1/p-1/i1D3;;;. The van der Waals surface area contributed by atoms with Gasteiger partial charge in [0.15, 0.2) is 0 Å². The van der Waals surface area contributed by atoms with Crippen LogP contribution in [0.5, 0.6) is 0 Å². The number of benzene rings is 6. The number of pyridine rings is 3. The second kappa shape index (κ2) is 25.2. The fraction of sp³-hybridized carbons (Fsp3) is 0.149. The topological polar surface area (TPSA) is 225 Å². The van der Waals surface area contributed by atoms with Crippen LogP contribution in [0.3, 0.4) is 0 Å². The van der Waals surface area contributed by atoms with Gasteiger partial charge in [-0.3, -0.25) is 24.5 Å². The van der Waals surface area contributed by atoms with E-state index in [9.17, 15) is 40.4 Å². The Morgan fingerprint density at radius 2 is 0.964 bits per heavy atom. The van der Waals surface area contributed by atoms with Crippen LogP contribution in [-0.4, -0.2) is 43.1 Å². The average molecular weight is 1160 g/mol. The number of carboxylic acid groups (broad SMARTS) is 3. The van der Waals surface area contributed by atoms with Gasteiger partial charge < -0.3 is 20.1 Å². The Balaban J connectivity index is 0.000000154. The van der Waals surface area contributed by atoms with E-state index in [4.69, 9.17) is 9.22 Å². The molecule has 0 aliphatic heterocycles. The molecule has 6 aromatic carbocycles. The number of carboxylic acids is 3. The van der Waals surface area contributed by atoms with Crippen molar-refractivity contribution in [2.45, 2.75) is 58.7 Å². The van der Waals surface area contributed by atoms with Gasteiger partial charge >= 0.3 is 41.5 Å². The molecule has 6 aromatic heterocycles. The van der Waals surface area contributed by atoms with Gasteiger partial charge in [0.1, 0.15) is 0 Å². The number of thiophene rings is 3. The van der Waals surface area contributed by atoms with Gasteiger partial charge in [0.05, 0.1) is 51.4 Å². The summed E-state index contributed by atoms with van der Waals surface area (Å²) in [6.07, 6.45) is 10.7. The molecule has 0 amide bonds. The van der Waals surface area contributed by atoms with Crippen LogP contribution in [0.1, 0.15) is 87.7 Å². The Bertz CT molecular complexity index is 4580. The molecule has 83 heavy (non-hydrogen) atoms. The molecule has 402 valence electrons. The van der Waals surface area contributed by atoms with Crippen molar-refractivity contribution in [3.63, 3.8) is 0 Å². The predicted octanol–water partition coefficient (Wildman–Crippen LogP) is 12.4. The van der Waals surface area contributed by atoms with Crippen molar-refractivity contribution in [2.24, 2.45) is 5.41 Å². The predicted molar refractivity (Wildman–Crippen MR) is 326 cm³/mol. The van der Waals surface area contributed by atoms with Crippen LogP contribution in [0.4, 0.5) is 0 Å². The quantitative estimate of drug-likeness (QED) is 0.109. The Kier molecular flexibility index (Phi) is 16.7. The van der Waals surface area contributed by atoms with Crippen molar-refractivity contribution in [3.8, 4) is 51.6 Å². The minimum Gasteiger partial charge on any atom is -0.550 e. The van der Waals surface area contributed by atoms with Gasteiger partial charge in [-0.1, -0.05) is 105 Å². The molecule has 0 fully saturated rings. The van der Waals surface area contributed by atoms with Gasteiger partial charge in [-0.25, -0.2) is 0 Å². The van der Waals surface area contributed by atoms with Crippen molar-refractivity contribution in [1.29, 1.82) is 15.8 Å². The number of carbonyl (C=O) groups is 3. The minimum atomic E-state index is -2.64.